The van der Waals surface area contributed by atoms with Crippen LogP contribution in [0.5, 0.6) is 0 Å². The molecule has 1 N–H and O–H groups in total. The summed E-state index contributed by atoms with van der Waals surface area (Å²) >= 11 is 5.65. The predicted octanol–water partition coefficient (Wildman–Crippen LogP) is 5.03. The van der Waals surface area contributed by atoms with Crippen LogP contribution in [-0.4, -0.2) is 60.0 Å². The van der Waals surface area contributed by atoms with Gasteiger partial charge in [0.05, 0.1) is 6.54 Å². The predicted molar refractivity (Wildman–Crippen MR) is 135 cm³/mol. The van der Waals surface area contributed by atoms with Crippen LogP contribution in [0.3, 0.4) is 0 Å². The zero-order valence-corrected chi connectivity index (χ0v) is 21.5. The van der Waals surface area contributed by atoms with Crippen LogP contribution < -0.4 is 5.32 Å². The summed E-state index contributed by atoms with van der Waals surface area (Å²) in [6.45, 7) is 5.66. The van der Waals surface area contributed by atoms with Gasteiger partial charge in [-0.05, 0) is 55.9 Å². The Morgan fingerprint density at radius 2 is 1.64 bits per heavy atom. The molecule has 9 heteroatoms. The van der Waals surface area contributed by atoms with Gasteiger partial charge in [0.15, 0.2) is 11.6 Å². The van der Waals surface area contributed by atoms with Crippen molar-refractivity contribution in [1.82, 2.24) is 10.2 Å². The number of amides is 2. The molecule has 1 saturated heterocycles. The number of rotatable bonds is 5. The lowest BCUT2D eigenvalue weighted by Gasteiger charge is -2.41. The van der Waals surface area contributed by atoms with Crippen molar-refractivity contribution in [3.63, 3.8) is 0 Å². The number of benzene rings is 2. The van der Waals surface area contributed by atoms with Gasteiger partial charge in [0.25, 0.3) is 0 Å². The molecule has 0 spiro atoms. The number of carbonyl (C=O) groups is 3. The van der Waals surface area contributed by atoms with Gasteiger partial charge in [-0.1, -0.05) is 60.1 Å². The van der Waals surface area contributed by atoms with Gasteiger partial charge in [-0.25, -0.2) is 14.4 Å². The average Bonchev–Trinajstić information content (AvgIpc) is 3.16. The first kappa shape index (κ1) is 25.8. The molecule has 1 aliphatic heterocycles. The van der Waals surface area contributed by atoms with E-state index in [1.54, 1.807) is 20.8 Å². The highest BCUT2D eigenvalue weighted by atomic mass is 35.5. The number of nitrogens with one attached hydrogen (secondary N) is 1. The maximum atomic E-state index is 13.0. The van der Waals surface area contributed by atoms with Crippen LogP contribution in [0.1, 0.15) is 50.7 Å². The van der Waals surface area contributed by atoms with Gasteiger partial charge in [-0.15, -0.1) is 0 Å². The van der Waals surface area contributed by atoms with Gasteiger partial charge in [-0.2, -0.15) is 0 Å². The molecule has 36 heavy (non-hydrogen) atoms. The monoisotopic (exact) mass is 514 g/mol. The van der Waals surface area contributed by atoms with Crippen LogP contribution in [0, 0.1) is 0 Å². The zero-order chi connectivity index (χ0) is 25.9. The summed E-state index contributed by atoms with van der Waals surface area (Å²) in [5.41, 5.74) is 2.20. The van der Waals surface area contributed by atoms with Crippen molar-refractivity contribution in [2.45, 2.75) is 50.7 Å². The molecule has 2 aliphatic rings. The number of likely N-dealkylation sites (tertiary alicyclic amines) is 1. The highest BCUT2D eigenvalue weighted by molar-refractivity contribution is 6.17. The fourth-order valence-corrected chi connectivity index (χ4v) is 4.97. The quantitative estimate of drug-likeness (QED) is 0.341. The molecule has 1 heterocycles. The van der Waals surface area contributed by atoms with Gasteiger partial charge < -0.3 is 24.4 Å². The minimum atomic E-state index is -1.49. The third-order valence-corrected chi connectivity index (χ3v) is 6.51. The minimum absolute atomic E-state index is 0.0935. The van der Waals surface area contributed by atoms with Crippen LogP contribution in [0.2, 0.25) is 0 Å². The second kappa shape index (κ2) is 10.4. The Hall–Kier alpha value is -3.26. The lowest BCUT2D eigenvalue weighted by molar-refractivity contribution is -0.151. The van der Waals surface area contributed by atoms with E-state index in [-0.39, 0.29) is 31.6 Å². The number of halogens is 1. The Morgan fingerprint density at radius 1 is 1.03 bits per heavy atom. The van der Waals surface area contributed by atoms with E-state index in [0.717, 1.165) is 22.3 Å². The number of nitrogens with zero attached hydrogens (tertiary/aromatic N) is 1. The van der Waals surface area contributed by atoms with Crippen molar-refractivity contribution < 1.29 is 28.6 Å². The summed E-state index contributed by atoms with van der Waals surface area (Å²) in [6.07, 6.45) is -0.610. The van der Waals surface area contributed by atoms with Crippen molar-refractivity contribution in [3.05, 3.63) is 59.7 Å². The number of piperidine rings is 1. The fraction of sp³-hybridized carbons (Fsp3) is 0.444. The van der Waals surface area contributed by atoms with E-state index in [0.29, 0.717) is 13.0 Å². The molecule has 2 amide bonds. The van der Waals surface area contributed by atoms with E-state index in [1.807, 2.05) is 36.4 Å². The van der Waals surface area contributed by atoms with Gasteiger partial charge >= 0.3 is 18.2 Å². The molecule has 1 atom stereocenters. The average molecular weight is 515 g/mol. The van der Waals surface area contributed by atoms with Gasteiger partial charge in [-0.3, -0.25) is 0 Å². The molecule has 1 unspecified atom stereocenters. The number of ether oxygens (including phenoxy) is 3. The second-order valence-corrected chi connectivity index (χ2v) is 10.3. The number of alkyl carbamates (subject to hydrolysis) is 1. The molecule has 0 aromatic heterocycles. The molecule has 8 nitrogen and oxygen atoms in total. The molecule has 2 aromatic carbocycles. The number of fused-ring (bicyclic) bond motifs is 3. The van der Waals surface area contributed by atoms with Gasteiger partial charge in [0, 0.05) is 12.5 Å². The first-order valence-corrected chi connectivity index (χ1v) is 12.5. The maximum absolute atomic E-state index is 13.0. The molecule has 1 fully saturated rings. The highest BCUT2D eigenvalue weighted by Gasteiger charge is 2.47. The lowest BCUT2D eigenvalue weighted by atomic mass is 9.89. The molecule has 0 saturated carbocycles. The number of esters is 1. The smallest absolute Gasteiger partial charge is 0.410 e. The van der Waals surface area contributed by atoms with E-state index in [4.69, 9.17) is 25.8 Å². The van der Waals surface area contributed by atoms with Crippen molar-refractivity contribution in [2.75, 3.05) is 25.8 Å². The van der Waals surface area contributed by atoms with E-state index in [9.17, 15) is 14.4 Å². The van der Waals surface area contributed by atoms with Crippen molar-refractivity contribution in [3.8, 4) is 11.1 Å². The van der Waals surface area contributed by atoms with E-state index < -0.39 is 29.3 Å². The molecule has 192 valence electrons. The Labute approximate surface area is 215 Å². The Bertz CT molecular complexity index is 1100. The summed E-state index contributed by atoms with van der Waals surface area (Å²) < 4.78 is 16.2. The highest BCUT2D eigenvalue weighted by Crippen LogP contribution is 2.44. The van der Waals surface area contributed by atoms with E-state index in [1.165, 1.54) is 4.90 Å². The topological polar surface area (TPSA) is 94.2 Å². The summed E-state index contributed by atoms with van der Waals surface area (Å²) in [4.78, 5) is 40.0. The number of hydrogen-bond donors (Lipinski definition) is 1. The lowest BCUT2D eigenvalue weighted by Crippen LogP contribution is -2.64. The van der Waals surface area contributed by atoms with Crippen LogP contribution in [0.25, 0.3) is 11.1 Å². The Morgan fingerprint density at radius 3 is 2.22 bits per heavy atom. The van der Waals surface area contributed by atoms with Gasteiger partial charge in [0.1, 0.15) is 12.2 Å². The Balaban J connectivity index is 1.49. The SMILES string of the molecule is CC(C)(C)OC(=O)N1CCCC(NC(=O)OCC2c3ccccc3-c3ccccc32)(C(=O)OCCl)C1. The van der Waals surface area contributed by atoms with Crippen LogP contribution in [0.15, 0.2) is 48.5 Å². The summed E-state index contributed by atoms with van der Waals surface area (Å²) in [7, 11) is 0. The van der Waals surface area contributed by atoms with Crippen molar-refractivity contribution in [2.24, 2.45) is 0 Å². The van der Waals surface area contributed by atoms with Crippen LogP contribution >= 0.6 is 11.6 Å². The van der Waals surface area contributed by atoms with Crippen molar-refractivity contribution in [1.29, 1.82) is 0 Å². The largest absolute Gasteiger partial charge is 0.449 e. The molecular weight excluding hydrogens is 484 g/mol. The first-order valence-electron chi connectivity index (χ1n) is 12.0. The standard InChI is InChI=1S/C27H31ClN2O6/c1-26(2,3)36-25(33)30-14-8-13-27(16-30,23(31)35-17-28)29-24(32)34-15-22-20-11-6-4-9-18(20)19-10-5-7-12-21(19)22/h4-7,9-12,22H,8,13-17H2,1-3H3,(H,29,32). The number of alkyl halides is 1. The maximum Gasteiger partial charge on any atom is 0.410 e. The third kappa shape index (κ3) is 5.43. The Kier molecular flexibility index (Phi) is 7.45. The number of carbonyl (C=O) groups excluding carboxylic acids is 3. The second-order valence-electron chi connectivity index (χ2n) is 10.1. The normalized spacial score (nSPS) is 19.2. The molecule has 0 bridgehead atoms. The van der Waals surface area contributed by atoms with Gasteiger partial charge in [0.2, 0.25) is 0 Å². The van der Waals surface area contributed by atoms with Crippen LogP contribution in [-0.2, 0) is 19.0 Å². The number of hydrogen-bond acceptors (Lipinski definition) is 6. The fourth-order valence-electron chi connectivity index (χ4n) is 4.88. The third-order valence-electron chi connectivity index (χ3n) is 6.41. The summed E-state index contributed by atoms with van der Waals surface area (Å²) in [5.74, 6) is -0.849. The molecule has 1 aliphatic carbocycles. The van der Waals surface area contributed by atoms with Crippen molar-refractivity contribution >= 4 is 29.8 Å². The van der Waals surface area contributed by atoms with E-state index >= 15 is 0 Å². The molecule has 2 aromatic rings. The minimum Gasteiger partial charge on any atom is -0.449 e. The first-order chi connectivity index (χ1) is 17.1. The zero-order valence-electron chi connectivity index (χ0n) is 20.7. The van der Waals surface area contributed by atoms with E-state index in [2.05, 4.69) is 17.4 Å². The molecule has 4 rings (SSSR count). The van der Waals surface area contributed by atoms with Crippen LogP contribution in [0.4, 0.5) is 9.59 Å². The summed E-state index contributed by atoms with van der Waals surface area (Å²) in [6, 6.07) is 15.7. The molecule has 0 radical (unpaired) electrons. The summed E-state index contributed by atoms with van der Waals surface area (Å²) in [5, 5.41) is 2.69. The molecular formula is C27H31ClN2O6.